The summed E-state index contributed by atoms with van der Waals surface area (Å²) < 4.78 is 26.1. The quantitative estimate of drug-likeness (QED) is 0.607. The van der Waals surface area contributed by atoms with Crippen molar-refractivity contribution in [3.63, 3.8) is 0 Å². The highest BCUT2D eigenvalue weighted by Gasteiger charge is 2.19. The predicted molar refractivity (Wildman–Crippen MR) is 69.0 cm³/mol. The highest BCUT2D eigenvalue weighted by molar-refractivity contribution is 6.57. The zero-order chi connectivity index (χ0) is 14.4. The lowest BCUT2D eigenvalue weighted by atomic mass is 9.97. The van der Waals surface area contributed by atoms with Crippen molar-refractivity contribution in [2.24, 2.45) is 0 Å². The number of aliphatic hydroxyl groups excluding tert-OH is 1. The molecule has 0 aromatic heterocycles. The molecule has 100 valence electrons. The van der Waals surface area contributed by atoms with Gasteiger partial charge in [0.2, 0.25) is 7.85 Å². The molecule has 2 atom stereocenters. The van der Waals surface area contributed by atoms with E-state index in [9.17, 15) is 18.7 Å². The van der Waals surface area contributed by atoms with Crippen LogP contribution in [-0.4, -0.2) is 30.9 Å². The van der Waals surface area contributed by atoms with E-state index >= 15 is 0 Å². The summed E-state index contributed by atoms with van der Waals surface area (Å²) in [6.07, 6.45) is 0.832. The highest BCUT2D eigenvalue weighted by Crippen LogP contribution is 2.13. The van der Waals surface area contributed by atoms with E-state index in [2.05, 4.69) is 11.9 Å². The van der Waals surface area contributed by atoms with Crippen LogP contribution < -0.4 is 5.32 Å². The average molecular weight is 265 g/mol. The van der Waals surface area contributed by atoms with Crippen LogP contribution in [0, 0.1) is 11.6 Å². The summed E-state index contributed by atoms with van der Waals surface area (Å²) in [7, 11) is 5.01. The molecule has 1 amide bonds. The van der Waals surface area contributed by atoms with E-state index in [1.54, 1.807) is 0 Å². The third kappa shape index (κ3) is 5.22. The SMILES string of the molecule is [B]C(=O)N[C@@H](Cc1cc(F)cc(F)c1)[C@@H](O)CC=C. The van der Waals surface area contributed by atoms with Gasteiger partial charge in [0, 0.05) is 6.07 Å². The maximum Gasteiger partial charge on any atom is 0.200 e. The molecular formula is C13H14BF2NO2. The van der Waals surface area contributed by atoms with Crippen molar-refractivity contribution in [2.75, 3.05) is 0 Å². The number of carbonyl (C=O) groups excluding carboxylic acids is 1. The van der Waals surface area contributed by atoms with Gasteiger partial charge >= 0.3 is 0 Å². The van der Waals surface area contributed by atoms with E-state index in [0.29, 0.717) is 5.56 Å². The van der Waals surface area contributed by atoms with Gasteiger partial charge in [0.1, 0.15) is 11.6 Å². The Balaban J connectivity index is 2.86. The molecule has 1 aromatic carbocycles. The Morgan fingerprint density at radius 1 is 1.42 bits per heavy atom. The monoisotopic (exact) mass is 265 g/mol. The third-order valence-corrected chi connectivity index (χ3v) is 2.58. The summed E-state index contributed by atoms with van der Waals surface area (Å²) in [5.41, 5.74) is 0.319. The maximum atomic E-state index is 13.1. The van der Waals surface area contributed by atoms with Gasteiger partial charge in [-0.2, -0.15) is 0 Å². The number of rotatable bonds is 6. The molecule has 0 saturated heterocycles. The normalized spacial score (nSPS) is 13.6. The fourth-order valence-corrected chi connectivity index (χ4v) is 1.78. The Morgan fingerprint density at radius 3 is 2.47 bits per heavy atom. The number of benzene rings is 1. The molecule has 0 aliphatic rings. The lowest BCUT2D eigenvalue weighted by molar-refractivity contribution is 0.134. The summed E-state index contributed by atoms with van der Waals surface area (Å²) in [4.78, 5) is 10.9. The number of hydrogen-bond donors (Lipinski definition) is 2. The van der Waals surface area contributed by atoms with Crippen LogP contribution in [0.5, 0.6) is 0 Å². The molecule has 0 bridgehead atoms. The van der Waals surface area contributed by atoms with Crippen molar-refractivity contribution >= 4 is 13.7 Å². The first kappa shape index (κ1) is 15.4. The van der Waals surface area contributed by atoms with Gasteiger partial charge in [-0.3, -0.25) is 4.79 Å². The molecule has 0 heterocycles. The zero-order valence-corrected chi connectivity index (χ0v) is 10.3. The minimum Gasteiger partial charge on any atom is -0.391 e. The summed E-state index contributed by atoms with van der Waals surface area (Å²) in [5, 5.41) is 12.2. The Labute approximate surface area is 111 Å². The van der Waals surface area contributed by atoms with Crippen molar-refractivity contribution in [1.29, 1.82) is 0 Å². The van der Waals surface area contributed by atoms with Gasteiger partial charge in [0.25, 0.3) is 0 Å². The van der Waals surface area contributed by atoms with Crippen molar-refractivity contribution in [1.82, 2.24) is 5.32 Å². The lowest BCUT2D eigenvalue weighted by Crippen LogP contribution is -2.44. The van der Waals surface area contributed by atoms with Crippen LogP contribution >= 0.6 is 0 Å². The van der Waals surface area contributed by atoms with E-state index in [1.807, 2.05) is 0 Å². The Morgan fingerprint density at radius 2 is 2.00 bits per heavy atom. The predicted octanol–water partition coefficient (Wildman–Crippen LogP) is 1.69. The highest BCUT2D eigenvalue weighted by atomic mass is 19.1. The number of aliphatic hydroxyl groups is 1. The van der Waals surface area contributed by atoms with Gasteiger partial charge < -0.3 is 10.4 Å². The van der Waals surface area contributed by atoms with Gasteiger partial charge in [-0.05, 0) is 30.5 Å². The first-order chi connectivity index (χ1) is 8.92. The zero-order valence-electron chi connectivity index (χ0n) is 10.3. The molecule has 2 radical (unpaired) electrons. The minimum absolute atomic E-state index is 0.0621. The number of hydrogen-bond acceptors (Lipinski definition) is 2. The fourth-order valence-electron chi connectivity index (χ4n) is 1.78. The van der Waals surface area contributed by atoms with E-state index < -0.39 is 29.6 Å². The summed E-state index contributed by atoms with van der Waals surface area (Å²) in [6.45, 7) is 3.47. The number of halogens is 2. The summed E-state index contributed by atoms with van der Waals surface area (Å²) in [5.74, 6) is -2.25. The van der Waals surface area contributed by atoms with Crippen LogP contribution in [0.15, 0.2) is 30.9 Å². The summed E-state index contributed by atoms with van der Waals surface area (Å²) in [6, 6.07) is 2.29. The van der Waals surface area contributed by atoms with E-state index in [0.717, 1.165) is 18.2 Å². The van der Waals surface area contributed by atoms with Gasteiger partial charge in [-0.15, -0.1) is 6.58 Å². The average Bonchev–Trinajstić information content (AvgIpc) is 2.26. The third-order valence-electron chi connectivity index (χ3n) is 2.58. The Bertz CT molecular complexity index is 448. The molecule has 0 aliphatic heterocycles. The Hall–Kier alpha value is -1.69. The van der Waals surface area contributed by atoms with Crippen LogP contribution in [0.3, 0.4) is 0 Å². The first-order valence-electron chi connectivity index (χ1n) is 5.72. The topological polar surface area (TPSA) is 49.3 Å². The molecule has 0 unspecified atom stereocenters. The molecule has 1 aromatic rings. The second-order valence-corrected chi connectivity index (χ2v) is 4.19. The maximum absolute atomic E-state index is 13.1. The lowest BCUT2D eigenvalue weighted by Gasteiger charge is -2.23. The summed E-state index contributed by atoms with van der Waals surface area (Å²) >= 11 is 0. The van der Waals surface area contributed by atoms with Crippen molar-refractivity contribution in [2.45, 2.75) is 25.0 Å². The molecule has 2 N–H and O–H groups in total. The smallest absolute Gasteiger partial charge is 0.200 e. The molecule has 0 spiro atoms. The van der Waals surface area contributed by atoms with Gasteiger partial charge in [-0.25, -0.2) is 8.78 Å². The molecule has 0 fully saturated rings. The first-order valence-corrected chi connectivity index (χ1v) is 5.72. The second kappa shape index (κ2) is 7.04. The van der Waals surface area contributed by atoms with E-state index in [-0.39, 0.29) is 12.8 Å². The Kier molecular flexibility index (Phi) is 5.70. The van der Waals surface area contributed by atoms with Crippen molar-refractivity contribution in [3.8, 4) is 0 Å². The van der Waals surface area contributed by atoms with Crippen LogP contribution in [0.25, 0.3) is 0 Å². The standard InChI is InChI=1S/C13H14BF2NO2/c1-2-3-12(18)11(17-13(14)19)6-8-4-9(15)7-10(16)5-8/h2,4-5,7,11-12,18H,1,3,6H2,(H,17,19)/t11-,12-/m0/s1. The number of carbonyl (C=O) groups is 1. The number of nitrogens with one attached hydrogen (secondary N) is 1. The van der Waals surface area contributed by atoms with Gasteiger partial charge in [0.15, 0.2) is 5.81 Å². The van der Waals surface area contributed by atoms with Crippen LogP contribution in [0.1, 0.15) is 12.0 Å². The van der Waals surface area contributed by atoms with Crippen molar-refractivity contribution in [3.05, 3.63) is 48.1 Å². The van der Waals surface area contributed by atoms with E-state index in [4.69, 9.17) is 7.85 Å². The van der Waals surface area contributed by atoms with E-state index in [1.165, 1.54) is 6.08 Å². The number of amides is 1. The fraction of sp³-hybridized carbons (Fsp3) is 0.308. The largest absolute Gasteiger partial charge is 0.391 e. The molecule has 0 aliphatic carbocycles. The van der Waals surface area contributed by atoms with Gasteiger partial charge in [0.05, 0.1) is 12.1 Å². The van der Waals surface area contributed by atoms with Gasteiger partial charge in [-0.1, -0.05) is 6.08 Å². The molecular weight excluding hydrogens is 251 g/mol. The molecule has 1 rings (SSSR count). The van der Waals surface area contributed by atoms with Crippen LogP contribution in [-0.2, 0) is 6.42 Å². The van der Waals surface area contributed by atoms with Crippen LogP contribution in [0.2, 0.25) is 0 Å². The van der Waals surface area contributed by atoms with Crippen LogP contribution in [0.4, 0.5) is 13.6 Å². The minimum atomic E-state index is -0.934. The molecule has 0 saturated carbocycles. The van der Waals surface area contributed by atoms with Crippen molar-refractivity contribution < 1.29 is 18.7 Å². The second-order valence-electron chi connectivity index (χ2n) is 4.19. The molecule has 3 nitrogen and oxygen atoms in total. The molecule has 6 heteroatoms. The molecule has 19 heavy (non-hydrogen) atoms.